The largest absolute Gasteiger partial charge is 0.507 e. The summed E-state index contributed by atoms with van der Waals surface area (Å²) in [5, 5.41) is 19.4. The summed E-state index contributed by atoms with van der Waals surface area (Å²) in [4.78, 5) is 12.0. The molecule has 0 aliphatic rings. The SMILES string of the molecule is NC(=CCC(=O)CC=C(N)c1ccccc1O)c1ccccc1O. The van der Waals surface area contributed by atoms with Gasteiger partial charge in [-0.05, 0) is 24.3 Å². The van der Waals surface area contributed by atoms with Crippen LogP contribution in [0.3, 0.4) is 0 Å². The van der Waals surface area contributed by atoms with Crippen molar-refractivity contribution in [1.82, 2.24) is 0 Å². The molecule has 2 aromatic rings. The monoisotopic (exact) mass is 324 g/mol. The molecule has 0 bridgehead atoms. The van der Waals surface area contributed by atoms with Crippen molar-refractivity contribution in [1.29, 1.82) is 0 Å². The van der Waals surface area contributed by atoms with Crippen LogP contribution >= 0.6 is 0 Å². The number of Topliss-reactive ketones (excluding diaryl/α,β-unsaturated/α-hetero) is 1. The van der Waals surface area contributed by atoms with Gasteiger partial charge in [0.05, 0.1) is 0 Å². The van der Waals surface area contributed by atoms with E-state index in [9.17, 15) is 15.0 Å². The number of carbonyl (C=O) groups is 1. The Morgan fingerprint density at radius 2 is 1.17 bits per heavy atom. The molecular weight excluding hydrogens is 304 g/mol. The first kappa shape index (κ1) is 17.1. The maximum Gasteiger partial charge on any atom is 0.140 e. The molecule has 0 spiro atoms. The number of hydrogen-bond donors (Lipinski definition) is 4. The molecule has 2 rings (SSSR count). The van der Waals surface area contributed by atoms with Gasteiger partial charge in [0.1, 0.15) is 17.3 Å². The Morgan fingerprint density at radius 1 is 0.792 bits per heavy atom. The third-order valence-electron chi connectivity index (χ3n) is 3.53. The van der Waals surface area contributed by atoms with E-state index in [1.807, 2.05) is 0 Å². The molecule has 0 fully saturated rings. The fourth-order valence-corrected chi connectivity index (χ4v) is 2.19. The highest BCUT2D eigenvalue weighted by Crippen LogP contribution is 2.22. The van der Waals surface area contributed by atoms with Crippen LogP contribution in [0.25, 0.3) is 11.4 Å². The first-order chi connectivity index (χ1) is 11.5. The molecule has 24 heavy (non-hydrogen) atoms. The number of para-hydroxylation sites is 2. The summed E-state index contributed by atoms with van der Waals surface area (Å²) < 4.78 is 0. The minimum atomic E-state index is -0.0771. The van der Waals surface area contributed by atoms with Crippen molar-refractivity contribution in [2.24, 2.45) is 11.5 Å². The van der Waals surface area contributed by atoms with Crippen molar-refractivity contribution in [3.8, 4) is 11.5 Å². The van der Waals surface area contributed by atoms with Crippen molar-refractivity contribution in [2.75, 3.05) is 0 Å². The van der Waals surface area contributed by atoms with Crippen molar-refractivity contribution < 1.29 is 15.0 Å². The lowest BCUT2D eigenvalue weighted by Crippen LogP contribution is -2.02. The summed E-state index contributed by atoms with van der Waals surface area (Å²) in [5.41, 5.74) is 13.5. The Morgan fingerprint density at radius 3 is 1.54 bits per heavy atom. The molecule has 2 aromatic carbocycles. The second kappa shape index (κ2) is 7.87. The van der Waals surface area contributed by atoms with E-state index in [1.165, 1.54) is 12.1 Å². The number of benzene rings is 2. The van der Waals surface area contributed by atoms with E-state index in [-0.39, 0.29) is 30.1 Å². The average molecular weight is 324 g/mol. The van der Waals surface area contributed by atoms with Gasteiger partial charge in [0.25, 0.3) is 0 Å². The maximum absolute atomic E-state index is 12.0. The van der Waals surface area contributed by atoms with Gasteiger partial charge in [0.15, 0.2) is 0 Å². The summed E-state index contributed by atoms with van der Waals surface area (Å²) in [6.45, 7) is 0. The molecule has 0 atom stereocenters. The highest BCUT2D eigenvalue weighted by Gasteiger charge is 2.06. The molecular formula is C19H20N2O3. The highest BCUT2D eigenvalue weighted by atomic mass is 16.3. The summed E-state index contributed by atoms with van der Waals surface area (Å²) in [6, 6.07) is 13.3. The number of nitrogens with two attached hydrogens (primary N) is 2. The van der Waals surface area contributed by atoms with Gasteiger partial charge >= 0.3 is 0 Å². The van der Waals surface area contributed by atoms with Crippen molar-refractivity contribution >= 4 is 17.2 Å². The van der Waals surface area contributed by atoms with Crippen LogP contribution in [-0.4, -0.2) is 16.0 Å². The van der Waals surface area contributed by atoms with Crippen LogP contribution < -0.4 is 11.5 Å². The summed E-state index contributed by atoms with van der Waals surface area (Å²) in [6.07, 6.45) is 3.40. The number of phenols is 2. The maximum atomic E-state index is 12.0. The fraction of sp³-hybridized carbons (Fsp3) is 0.105. The molecule has 0 aromatic heterocycles. The van der Waals surface area contributed by atoms with Gasteiger partial charge in [-0.3, -0.25) is 4.79 Å². The van der Waals surface area contributed by atoms with E-state index in [4.69, 9.17) is 11.5 Å². The van der Waals surface area contributed by atoms with Gasteiger partial charge in [0.2, 0.25) is 0 Å². The summed E-state index contributed by atoms with van der Waals surface area (Å²) in [7, 11) is 0. The number of ketones is 1. The van der Waals surface area contributed by atoms with Crippen LogP contribution in [0.2, 0.25) is 0 Å². The second-order valence-electron chi connectivity index (χ2n) is 5.30. The minimum Gasteiger partial charge on any atom is -0.507 e. The average Bonchev–Trinajstić information content (AvgIpc) is 2.58. The van der Waals surface area contributed by atoms with Gasteiger partial charge in [-0.2, -0.15) is 0 Å². The summed E-state index contributed by atoms with van der Waals surface area (Å²) in [5.74, 6) is 0.0662. The first-order valence-corrected chi connectivity index (χ1v) is 7.48. The Bertz CT molecular complexity index is 729. The first-order valence-electron chi connectivity index (χ1n) is 7.48. The molecule has 0 unspecified atom stereocenters. The van der Waals surface area contributed by atoms with E-state index < -0.39 is 0 Å². The minimum absolute atomic E-state index is 0.0717. The lowest BCUT2D eigenvalue weighted by molar-refractivity contribution is -0.117. The normalized spacial score (nSPS) is 12.2. The zero-order valence-electron chi connectivity index (χ0n) is 13.1. The highest BCUT2D eigenvalue weighted by molar-refractivity contribution is 5.85. The Balaban J connectivity index is 1.99. The molecule has 6 N–H and O–H groups in total. The molecule has 0 radical (unpaired) electrons. The standard InChI is InChI=1S/C19H20N2O3/c20-16(14-5-1-3-7-18(14)23)11-9-13(22)10-12-17(21)15-6-2-4-8-19(15)24/h1-8,11-12,23-24H,9-10,20-21H2. The molecule has 5 heteroatoms. The van der Waals surface area contributed by atoms with Crippen LogP contribution in [0.15, 0.2) is 60.7 Å². The van der Waals surface area contributed by atoms with E-state index in [1.54, 1.807) is 48.6 Å². The number of aromatic hydroxyl groups is 2. The van der Waals surface area contributed by atoms with Gasteiger partial charge in [-0.1, -0.05) is 36.4 Å². The Labute approximate surface area is 140 Å². The van der Waals surface area contributed by atoms with E-state index in [2.05, 4.69) is 0 Å². The van der Waals surface area contributed by atoms with E-state index in [0.29, 0.717) is 22.5 Å². The number of rotatable bonds is 6. The van der Waals surface area contributed by atoms with Gasteiger partial charge in [-0.25, -0.2) is 0 Å². The molecule has 0 saturated carbocycles. The molecule has 0 aliphatic heterocycles. The third kappa shape index (κ3) is 4.39. The van der Waals surface area contributed by atoms with Gasteiger partial charge in [0, 0.05) is 35.4 Å². The molecule has 0 aliphatic carbocycles. The third-order valence-corrected chi connectivity index (χ3v) is 3.53. The molecule has 0 amide bonds. The number of allylic oxidation sites excluding steroid dienone is 2. The van der Waals surface area contributed by atoms with E-state index >= 15 is 0 Å². The van der Waals surface area contributed by atoms with Crippen LogP contribution in [0, 0.1) is 0 Å². The Hall–Kier alpha value is -3.21. The van der Waals surface area contributed by atoms with Gasteiger partial charge < -0.3 is 21.7 Å². The smallest absolute Gasteiger partial charge is 0.140 e. The Kier molecular flexibility index (Phi) is 5.63. The molecule has 5 nitrogen and oxygen atoms in total. The van der Waals surface area contributed by atoms with Crippen molar-refractivity contribution in [3.05, 3.63) is 71.8 Å². The number of hydrogen-bond acceptors (Lipinski definition) is 5. The van der Waals surface area contributed by atoms with Crippen LogP contribution in [0.1, 0.15) is 24.0 Å². The van der Waals surface area contributed by atoms with Crippen molar-refractivity contribution in [2.45, 2.75) is 12.8 Å². The molecule has 124 valence electrons. The zero-order chi connectivity index (χ0) is 17.5. The quantitative estimate of drug-likeness (QED) is 0.653. The second-order valence-corrected chi connectivity index (χ2v) is 5.30. The predicted octanol–water partition coefficient (Wildman–Crippen LogP) is 2.75. The lowest BCUT2D eigenvalue weighted by Gasteiger charge is -2.05. The summed E-state index contributed by atoms with van der Waals surface area (Å²) >= 11 is 0. The predicted molar refractivity (Wildman–Crippen MR) is 94.8 cm³/mol. The zero-order valence-corrected chi connectivity index (χ0v) is 13.1. The van der Waals surface area contributed by atoms with Crippen LogP contribution in [0.5, 0.6) is 11.5 Å². The fourth-order valence-electron chi connectivity index (χ4n) is 2.19. The van der Waals surface area contributed by atoms with Crippen LogP contribution in [0.4, 0.5) is 0 Å². The lowest BCUT2D eigenvalue weighted by atomic mass is 10.1. The van der Waals surface area contributed by atoms with Crippen LogP contribution in [-0.2, 0) is 4.79 Å². The van der Waals surface area contributed by atoms with Gasteiger partial charge in [-0.15, -0.1) is 0 Å². The molecule has 0 heterocycles. The number of phenolic OH excluding ortho intramolecular Hbond substituents is 2. The number of carbonyl (C=O) groups excluding carboxylic acids is 1. The van der Waals surface area contributed by atoms with Crippen molar-refractivity contribution in [3.63, 3.8) is 0 Å². The topological polar surface area (TPSA) is 110 Å². The molecule has 0 saturated heterocycles. The van der Waals surface area contributed by atoms with E-state index in [0.717, 1.165) is 0 Å².